The Hall–Kier alpha value is -0.130. The molecule has 74 valence electrons. The summed E-state index contributed by atoms with van der Waals surface area (Å²) in [6.45, 7) is 3.86. The van der Waals surface area contributed by atoms with Crippen LogP contribution in [-0.4, -0.2) is 31.5 Å². The van der Waals surface area contributed by atoms with E-state index in [1.165, 1.54) is 0 Å². The van der Waals surface area contributed by atoms with Crippen LogP contribution in [0.2, 0.25) is 0 Å². The summed E-state index contributed by atoms with van der Waals surface area (Å²) in [5, 5.41) is -0.425. The summed E-state index contributed by atoms with van der Waals surface area (Å²) in [4.78, 5) is 0. The predicted molar refractivity (Wildman–Crippen MR) is 44.6 cm³/mol. The van der Waals surface area contributed by atoms with Gasteiger partial charge in [-0.25, -0.2) is 0 Å². The van der Waals surface area contributed by atoms with Crippen molar-refractivity contribution in [3.63, 3.8) is 0 Å². The molecule has 3 saturated heterocycles. The third kappa shape index (κ3) is 0.727. The lowest BCUT2D eigenvalue weighted by Crippen LogP contribution is -2.43. The van der Waals surface area contributed by atoms with Crippen LogP contribution in [0.3, 0.4) is 0 Å². The van der Waals surface area contributed by atoms with Crippen molar-refractivity contribution in [2.45, 2.75) is 43.3 Å². The van der Waals surface area contributed by atoms with Gasteiger partial charge in [0.1, 0.15) is 17.0 Å². The zero-order chi connectivity index (χ0) is 9.43. The van der Waals surface area contributed by atoms with Gasteiger partial charge in [0.25, 0.3) is 10.1 Å². The van der Waals surface area contributed by atoms with Crippen LogP contribution in [0, 0.1) is 5.92 Å². The van der Waals surface area contributed by atoms with E-state index in [1.54, 1.807) is 0 Å². The van der Waals surface area contributed by atoms with E-state index in [2.05, 4.69) is 0 Å². The molecule has 0 aromatic heterocycles. The van der Waals surface area contributed by atoms with Crippen molar-refractivity contribution in [2.24, 2.45) is 5.92 Å². The number of hydrogen-bond donors (Lipinski definition) is 0. The van der Waals surface area contributed by atoms with E-state index >= 15 is 0 Å². The molecule has 3 aliphatic rings. The van der Waals surface area contributed by atoms with Gasteiger partial charge in [-0.1, -0.05) is 6.92 Å². The summed E-state index contributed by atoms with van der Waals surface area (Å²) in [6, 6.07) is 0. The first-order chi connectivity index (χ1) is 5.95. The molecule has 3 fully saturated rings. The normalized spacial score (nSPS) is 61.7. The highest BCUT2D eigenvalue weighted by Crippen LogP contribution is 2.56. The Kier molecular flexibility index (Phi) is 1.23. The van der Waals surface area contributed by atoms with Crippen molar-refractivity contribution < 1.29 is 17.3 Å². The van der Waals surface area contributed by atoms with Crippen molar-refractivity contribution in [3.05, 3.63) is 0 Å². The van der Waals surface area contributed by atoms with E-state index in [4.69, 9.17) is 8.92 Å². The molecule has 2 bridgehead atoms. The summed E-state index contributed by atoms with van der Waals surface area (Å²) in [6.07, 6.45) is 0.440. The lowest BCUT2D eigenvalue weighted by Gasteiger charge is -2.24. The van der Waals surface area contributed by atoms with Gasteiger partial charge in [0.15, 0.2) is 0 Å². The Balaban J connectivity index is 2.18. The molecule has 0 spiro atoms. The highest BCUT2D eigenvalue weighted by molar-refractivity contribution is 7.87. The highest BCUT2D eigenvalue weighted by atomic mass is 32.2. The van der Waals surface area contributed by atoms with Crippen molar-refractivity contribution in [1.29, 1.82) is 0 Å². The maximum atomic E-state index is 11.5. The zero-order valence-electron chi connectivity index (χ0n) is 7.56. The van der Waals surface area contributed by atoms with Crippen molar-refractivity contribution in [2.75, 3.05) is 0 Å². The van der Waals surface area contributed by atoms with E-state index in [0.717, 1.165) is 0 Å². The lowest BCUT2D eigenvalue weighted by molar-refractivity contribution is 0.00116. The van der Waals surface area contributed by atoms with Crippen LogP contribution in [0.5, 0.6) is 0 Å². The molecule has 5 atom stereocenters. The second kappa shape index (κ2) is 1.94. The average Bonchev–Trinajstić information content (AvgIpc) is 2.49. The molecule has 0 amide bonds. The van der Waals surface area contributed by atoms with Crippen LogP contribution in [0.25, 0.3) is 0 Å². The fourth-order valence-corrected chi connectivity index (χ4v) is 4.96. The third-order valence-electron chi connectivity index (χ3n) is 3.71. The molecule has 5 heteroatoms. The van der Waals surface area contributed by atoms with E-state index < -0.39 is 21.0 Å². The Morgan fingerprint density at radius 3 is 2.69 bits per heavy atom. The third-order valence-corrected chi connectivity index (χ3v) is 5.54. The van der Waals surface area contributed by atoms with Gasteiger partial charge >= 0.3 is 0 Å². The van der Waals surface area contributed by atoms with E-state index in [0.29, 0.717) is 6.42 Å². The number of ether oxygens (including phenoxy) is 1. The molecule has 4 nitrogen and oxygen atoms in total. The molecular formula is C8H12O4S. The van der Waals surface area contributed by atoms with E-state index in [1.807, 2.05) is 13.8 Å². The summed E-state index contributed by atoms with van der Waals surface area (Å²) in [5.74, 6) is 0.207. The van der Waals surface area contributed by atoms with E-state index in [-0.39, 0.29) is 18.1 Å². The summed E-state index contributed by atoms with van der Waals surface area (Å²) in [7, 11) is -3.35. The predicted octanol–water partition coefficient (Wildman–Crippen LogP) is 0.281. The van der Waals surface area contributed by atoms with Gasteiger partial charge < -0.3 is 4.74 Å². The minimum Gasteiger partial charge on any atom is -0.367 e. The standard InChI is InChI=1S/C8H12O4S/c1-4-5-3-6-8(2,11-5)7(4)12-13(6,9)10/h4-7H,3H2,1-2H3. The first-order valence-electron chi connectivity index (χ1n) is 4.55. The largest absolute Gasteiger partial charge is 0.367 e. The summed E-state index contributed by atoms with van der Waals surface area (Å²) in [5.41, 5.74) is -0.567. The van der Waals surface area contributed by atoms with Crippen molar-refractivity contribution in [3.8, 4) is 0 Å². The molecule has 0 aromatic carbocycles. The number of hydrogen-bond acceptors (Lipinski definition) is 4. The quantitative estimate of drug-likeness (QED) is 0.532. The minimum atomic E-state index is -3.35. The van der Waals surface area contributed by atoms with E-state index in [9.17, 15) is 8.42 Å². The SMILES string of the molecule is CC1C2CC3C(C)(O2)C1OS3(=O)=O. The first-order valence-corrected chi connectivity index (χ1v) is 6.02. The maximum Gasteiger partial charge on any atom is 0.273 e. The summed E-state index contributed by atoms with van der Waals surface area (Å²) < 4.78 is 33.8. The maximum absolute atomic E-state index is 11.5. The van der Waals surface area contributed by atoms with Crippen molar-refractivity contribution in [1.82, 2.24) is 0 Å². The number of fused-ring (bicyclic) bond motifs is 1. The van der Waals surface area contributed by atoms with Gasteiger partial charge in [0, 0.05) is 5.92 Å². The fraction of sp³-hybridized carbons (Fsp3) is 1.00. The molecule has 0 saturated carbocycles. The second-order valence-corrected chi connectivity index (χ2v) is 6.18. The van der Waals surface area contributed by atoms with Crippen LogP contribution >= 0.6 is 0 Å². The zero-order valence-corrected chi connectivity index (χ0v) is 8.37. The fourth-order valence-electron chi connectivity index (χ4n) is 2.98. The van der Waals surface area contributed by atoms with Crippen LogP contribution in [-0.2, 0) is 19.0 Å². The topological polar surface area (TPSA) is 52.6 Å². The van der Waals surface area contributed by atoms with Crippen LogP contribution in [0.1, 0.15) is 20.3 Å². The molecular weight excluding hydrogens is 192 g/mol. The second-order valence-electron chi connectivity index (χ2n) is 4.43. The molecule has 0 radical (unpaired) electrons. The molecule has 5 unspecified atom stereocenters. The Labute approximate surface area is 77.3 Å². The van der Waals surface area contributed by atoms with Crippen LogP contribution in [0.4, 0.5) is 0 Å². The van der Waals surface area contributed by atoms with Gasteiger partial charge in [-0.2, -0.15) is 8.42 Å². The molecule has 3 aliphatic heterocycles. The lowest BCUT2D eigenvalue weighted by atomic mass is 9.80. The van der Waals surface area contributed by atoms with Gasteiger partial charge in [0.2, 0.25) is 0 Å². The Bertz CT molecular complexity index is 362. The molecule has 13 heavy (non-hydrogen) atoms. The van der Waals surface area contributed by atoms with Crippen molar-refractivity contribution >= 4 is 10.1 Å². The van der Waals surface area contributed by atoms with Gasteiger partial charge in [-0.05, 0) is 13.3 Å². The first kappa shape index (κ1) is 8.20. The molecule has 0 N–H and O–H groups in total. The average molecular weight is 204 g/mol. The van der Waals surface area contributed by atoms with Gasteiger partial charge in [-0.15, -0.1) is 0 Å². The molecule has 3 heterocycles. The highest BCUT2D eigenvalue weighted by Gasteiger charge is 2.71. The Morgan fingerprint density at radius 1 is 1.46 bits per heavy atom. The monoisotopic (exact) mass is 204 g/mol. The van der Waals surface area contributed by atoms with Crippen LogP contribution < -0.4 is 0 Å². The molecule has 0 aromatic rings. The van der Waals surface area contributed by atoms with Gasteiger partial charge in [-0.3, -0.25) is 4.18 Å². The molecule has 0 aliphatic carbocycles. The molecule has 3 rings (SSSR count). The van der Waals surface area contributed by atoms with Gasteiger partial charge in [0.05, 0.1) is 6.10 Å². The van der Waals surface area contributed by atoms with Crippen LogP contribution in [0.15, 0.2) is 0 Å². The smallest absolute Gasteiger partial charge is 0.273 e. The number of rotatable bonds is 0. The Morgan fingerprint density at radius 2 is 2.15 bits per heavy atom. The minimum absolute atomic E-state index is 0.0808. The summed E-state index contributed by atoms with van der Waals surface area (Å²) >= 11 is 0.